The van der Waals surface area contributed by atoms with E-state index in [0.29, 0.717) is 45.0 Å². The molecule has 0 amide bonds. The van der Waals surface area contributed by atoms with Crippen LogP contribution >= 0.6 is 0 Å². The Balaban J connectivity index is 1.18. The Morgan fingerprint density at radius 3 is 1.77 bits per heavy atom. The number of pyridine rings is 1. The van der Waals surface area contributed by atoms with Crippen LogP contribution < -0.4 is 9.30 Å². The molecule has 0 bridgehead atoms. The number of ether oxygens (including phenoxy) is 1. The first-order valence-corrected chi connectivity index (χ1v) is 25.9. The molecule has 1 aliphatic rings. The minimum absolute atomic E-state index is 0.00465. The van der Waals surface area contributed by atoms with E-state index in [0.717, 1.165) is 55.4 Å². The van der Waals surface area contributed by atoms with Crippen LogP contribution in [0.1, 0.15) is 116 Å². The van der Waals surface area contributed by atoms with Gasteiger partial charge in [-0.25, -0.2) is 4.98 Å². The van der Waals surface area contributed by atoms with Crippen molar-refractivity contribution in [3.05, 3.63) is 211 Å². The number of para-hydroxylation sites is 1. The average Bonchev–Trinajstić information content (AvgIpc) is 1.70. The summed E-state index contributed by atoms with van der Waals surface area (Å²) < 4.78 is 89.5. The van der Waals surface area contributed by atoms with E-state index in [-0.39, 0.29) is 45.2 Å². The molecule has 8 aromatic carbocycles. The van der Waals surface area contributed by atoms with Crippen LogP contribution in [0.3, 0.4) is 0 Å². The maximum atomic E-state index is 9.96. The quantitative estimate of drug-likeness (QED) is 0.127. The molecule has 5 heteroatoms. The standard InChI is InChI=1S/C70H66N4O/c1-67(2,3)46-30-28-44(29-31-46)45-36-58-54-24-15-13-22-52(54)53-23-14-16-25-55(53)59-38-48(69(7,8)9)39-60(70(10,11)12)65(59)73-43-72(63(37-45)66(58)73)49-20-19-21-50(41-49)75-51-32-33-57-56-26-17-18-27-61(56)74(62(57)42-51)64-40-47(34-35-71-64)68(4,5)6/h13-42H,1-12H3/i13D,14D,15D,16D,22D,23D,24D,25D. The Hall–Kier alpha value is -8.02. The molecule has 0 atom stereocenters. The summed E-state index contributed by atoms with van der Waals surface area (Å²) in [6.45, 7) is 25.8. The molecular formula is C70H66N4O. The first kappa shape index (κ1) is 39.4. The third kappa shape index (κ3) is 8.34. The van der Waals surface area contributed by atoms with Crippen molar-refractivity contribution in [2.75, 3.05) is 0 Å². The second-order valence-electron chi connectivity index (χ2n) is 24.2. The second-order valence-corrected chi connectivity index (χ2v) is 24.2. The lowest BCUT2D eigenvalue weighted by Crippen LogP contribution is -2.35. The molecule has 0 spiro atoms. The van der Waals surface area contributed by atoms with Crippen LogP contribution in [-0.2, 0) is 21.7 Å². The van der Waals surface area contributed by atoms with Crippen LogP contribution in [0.4, 0.5) is 0 Å². The number of aromatic nitrogens is 4. The molecule has 11 aromatic rings. The summed E-state index contributed by atoms with van der Waals surface area (Å²) in [6.07, 6.45) is 5.69. The van der Waals surface area contributed by atoms with Crippen LogP contribution in [-0.4, -0.2) is 14.1 Å². The Labute approximate surface area is 454 Å². The summed E-state index contributed by atoms with van der Waals surface area (Å²) in [5.41, 5.74) is 9.98. The molecule has 3 aromatic heterocycles. The lowest BCUT2D eigenvalue weighted by molar-refractivity contribution is -0.572. The summed E-state index contributed by atoms with van der Waals surface area (Å²) in [4.78, 5) is 4.90. The Bertz CT molecular complexity index is 4540. The van der Waals surface area contributed by atoms with Gasteiger partial charge in [0.25, 0.3) is 6.33 Å². The van der Waals surface area contributed by atoms with Crippen LogP contribution in [0, 0.1) is 6.33 Å². The molecule has 5 nitrogen and oxygen atoms in total. The van der Waals surface area contributed by atoms with Crippen molar-refractivity contribution in [2.24, 2.45) is 0 Å². The molecule has 0 saturated heterocycles. The largest absolute Gasteiger partial charge is 0.458 e. The molecule has 0 N–H and O–H groups in total. The topological polar surface area (TPSA) is 35.9 Å². The number of hydrogen-bond acceptors (Lipinski definition) is 2. The molecule has 4 heterocycles. The van der Waals surface area contributed by atoms with Crippen LogP contribution in [0.15, 0.2) is 182 Å². The number of hydrogen-bond donors (Lipinski definition) is 0. The number of rotatable bonds is 5. The monoisotopic (exact) mass is 987 g/mol. The van der Waals surface area contributed by atoms with Gasteiger partial charge in [-0.15, -0.1) is 0 Å². The van der Waals surface area contributed by atoms with Gasteiger partial charge in [0.1, 0.15) is 17.3 Å². The van der Waals surface area contributed by atoms with E-state index in [1.54, 1.807) is 0 Å². The summed E-state index contributed by atoms with van der Waals surface area (Å²) in [6, 6.07) is 39.7. The Morgan fingerprint density at radius 1 is 0.480 bits per heavy atom. The van der Waals surface area contributed by atoms with Gasteiger partial charge in [-0.3, -0.25) is 13.7 Å². The molecule has 1 aliphatic heterocycles. The summed E-state index contributed by atoms with van der Waals surface area (Å²) in [7, 11) is 0. The first-order chi connectivity index (χ1) is 39.0. The van der Waals surface area contributed by atoms with Gasteiger partial charge in [0.15, 0.2) is 0 Å². The second kappa shape index (κ2) is 17.3. The van der Waals surface area contributed by atoms with Gasteiger partial charge in [-0.05, 0) is 143 Å². The van der Waals surface area contributed by atoms with E-state index in [4.69, 9.17) is 9.72 Å². The van der Waals surface area contributed by atoms with Crippen molar-refractivity contribution < 1.29 is 20.3 Å². The SMILES string of the molecule is [2H]c1c([2H])c([2H])c2c(c1[2H])-c1cc(C(C)(C)C)cc(C(C)(C)C)c1-[n+]1[c-]n(-c3cccc(Oc4ccc5c6ccccc6n(-c6cc(C(C)(C)C)ccn6)c5c4)c3)c3cc(-c4ccc(C(C)(C)C)cc4)cc(c31)-c1c([2H])c([2H])c([2H])c([2H])c1-2. The summed E-state index contributed by atoms with van der Waals surface area (Å²) >= 11 is 0. The third-order valence-electron chi connectivity index (χ3n) is 14.8. The van der Waals surface area contributed by atoms with Gasteiger partial charge >= 0.3 is 0 Å². The highest BCUT2D eigenvalue weighted by atomic mass is 16.5. The molecule has 75 heavy (non-hydrogen) atoms. The van der Waals surface area contributed by atoms with Crippen molar-refractivity contribution >= 4 is 32.8 Å². The predicted octanol–water partition coefficient (Wildman–Crippen LogP) is 18.2. The summed E-state index contributed by atoms with van der Waals surface area (Å²) in [5, 5.41) is 2.16. The van der Waals surface area contributed by atoms with Gasteiger partial charge < -0.3 is 4.74 Å². The molecule has 0 saturated carbocycles. The van der Waals surface area contributed by atoms with E-state index in [1.165, 1.54) is 5.56 Å². The highest BCUT2D eigenvalue weighted by Crippen LogP contribution is 2.48. The molecule has 12 rings (SSSR count). The van der Waals surface area contributed by atoms with E-state index >= 15 is 0 Å². The van der Waals surface area contributed by atoms with Crippen LogP contribution in [0.2, 0.25) is 0 Å². The van der Waals surface area contributed by atoms with Gasteiger partial charge in [-0.1, -0.05) is 198 Å². The maximum absolute atomic E-state index is 9.96. The highest BCUT2D eigenvalue weighted by Gasteiger charge is 2.32. The van der Waals surface area contributed by atoms with E-state index < -0.39 is 47.1 Å². The van der Waals surface area contributed by atoms with Crippen molar-refractivity contribution in [3.63, 3.8) is 0 Å². The lowest BCUT2D eigenvalue weighted by Gasteiger charge is -2.30. The van der Waals surface area contributed by atoms with Gasteiger partial charge in [-0.2, -0.15) is 0 Å². The zero-order chi connectivity index (χ0) is 59.3. The number of benzene rings is 8. The fraction of sp³-hybridized carbons (Fsp3) is 0.229. The van der Waals surface area contributed by atoms with Crippen molar-refractivity contribution in [1.82, 2.24) is 14.1 Å². The van der Waals surface area contributed by atoms with E-state index in [2.05, 4.69) is 173 Å². The maximum Gasteiger partial charge on any atom is 0.269 e. The van der Waals surface area contributed by atoms with Crippen molar-refractivity contribution in [3.8, 4) is 73.2 Å². The molecule has 0 aliphatic carbocycles. The summed E-state index contributed by atoms with van der Waals surface area (Å²) in [5.74, 6) is 1.96. The van der Waals surface area contributed by atoms with E-state index in [1.807, 2.05) is 63.9 Å². The fourth-order valence-corrected chi connectivity index (χ4v) is 10.7. The lowest BCUT2D eigenvalue weighted by atomic mass is 9.77. The highest BCUT2D eigenvalue weighted by molar-refractivity contribution is 6.09. The number of nitrogens with zero attached hydrogens (tertiary/aromatic N) is 4. The normalized spacial score (nSPS) is 14.3. The Kier molecular flexibility index (Phi) is 9.09. The fourth-order valence-electron chi connectivity index (χ4n) is 10.7. The molecule has 0 unspecified atom stereocenters. The minimum atomic E-state index is -0.586. The number of imidazole rings is 1. The van der Waals surface area contributed by atoms with Crippen LogP contribution in [0.5, 0.6) is 11.5 Å². The number of fused-ring (bicyclic) bond motifs is 10. The zero-order valence-corrected chi connectivity index (χ0v) is 44.9. The first-order valence-electron chi connectivity index (χ1n) is 29.9. The van der Waals surface area contributed by atoms with E-state index in [9.17, 15) is 11.0 Å². The minimum Gasteiger partial charge on any atom is -0.458 e. The zero-order valence-electron chi connectivity index (χ0n) is 52.9. The third-order valence-corrected chi connectivity index (χ3v) is 14.8. The Morgan fingerprint density at radius 2 is 1.11 bits per heavy atom. The van der Waals surface area contributed by atoms with Gasteiger partial charge in [0.2, 0.25) is 0 Å². The van der Waals surface area contributed by atoms with Gasteiger partial charge in [0, 0.05) is 23.0 Å². The molecule has 0 fully saturated rings. The molecule has 0 radical (unpaired) electrons. The predicted molar refractivity (Wildman–Crippen MR) is 312 cm³/mol. The molecular weight excluding hydrogens is 913 g/mol. The smallest absolute Gasteiger partial charge is 0.269 e. The van der Waals surface area contributed by atoms with Gasteiger partial charge in [0.05, 0.1) is 44.4 Å². The van der Waals surface area contributed by atoms with Crippen molar-refractivity contribution in [1.29, 1.82) is 0 Å². The van der Waals surface area contributed by atoms with Crippen LogP contribution in [0.25, 0.3) is 94.5 Å². The molecule has 372 valence electrons. The van der Waals surface area contributed by atoms with Crippen molar-refractivity contribution in [2.45, 2.75) is 105 Å². The average molecular weight is 987 g/mol.